The Morgan fingerprint density at radius 2 is 2.18 bits per heavy atom. The lowest BCUT2D eigenvalue weighted by Gasteiger charge is -2.25. The predicted octanol–water partition coefficient (Wildman–Crippen LogP) is 2.28. The lowest BCUT2D eigenvalue weighted by atomic mass is 10.3. The van der Waals surface area contributed by atoms with Gasteiger partial charge in [0, 0.05) is 6.54 Å². The maximum absolute atomic E-state index is 12.1. The van der Waals surface area contributed by atoms with Crippen molar-refractivity contribution in [2.24, 2.45) is 0 Å². The van der Waals surface area contributed by atoms with Gasteiger partial charge in [0.15, 0.2) is 0 Å². The van der Waals surface area contributed by atoms with Gasteiger partial charge in [0.25, 0.3) is 5.91 Å². The Morgan fingerprint density at radius 1 is 1.47 bits per heavy atom. The summed E-state index contributed by atoms with van der Waals surface area (Å²) in [5.41, 5.74) is 0.800. The van der Waals surface area contributed by atoms with Crippen LogP contribution in [0.25, 0.3) is 0 Å². The van der Waals surface area contributed by atoms with Crippen LogP contribution in [0.1, 0.15) is 28.1 Å². The topological polar surface area (TPSA) is 54.5 Å². The van der Waals surface area contributed by atoms with Crippen molar-refractivity contribution < 1.29 is 13.2 Å². The number of hydrogen-bond acceptors (Lipinski definition) is 4. The fraction of sp³-hybridized carbons (Fsp3) is 0.500. The minimum Gasteiger partial charge on any atom is -0.267 e. The third kappa shape index (κ3) is 2.34. The average Bonchev–Trinajstić information content (AvgIpc) is 2.58. The van der Waals surface area contributed by atoms with Crippen LogP contribution in [0.15, 0.2) is 5.38 Å². The van der Waals surface area contributed by atoms with E-state index in [1.54, 1.807) is 12.3 Å². The lowest BCUT2D eigenvalue weighted by molar-refractivity contribution is 0.0860. The minimum absolute atomic E-state index is 0.0424. The van der Waals surface area contributed by atoms with Gasteiger partial charge in [-0.1, -0.05) is 11.6 Å². The third-order valence-electron chi connectivity index (χ3n) is 2.67. The van der Waals surface area contributed by atoms with E-state index in [9.17, 15) is 13.2 Å². The molecule has 1 amide bonds. The second kappa shape index (κ2) is 4.59. The van der Waals surface area contributed by atoms with Gasteiger partial charge in [0.1, 0.15) is 4.88 Å². The molecule has 2 heterocycles. The van der Waals surface area contributed by atoms with Crippen LogP contribution in [0.2, 0.25) is 5.02 Å². The van der Waals surface area contributed by atoms with Crippen LogP contribution in [-0.4, -0.2) is 30.9 Å². The van der Waals surface area contributed by atoms with Crippen LogP contribution in [0, 0.1) is 6.92 Å². The summed E-state index contributed by atoms with van der Waals surface area (Å²) in [6.07, 6.45) is 1.33. The van der Waals surface area contributed by atoms with Crippen LogP contribution in [0.5, 0.6) is 0 Å². The molecule has 1 aromatic rings. The van der Waals surface area contributed by atoms with E-state index in [0.29, 0.717) is 22.7 Å². The standard InChI is InChI=1S/C10H12ClNO3S2/c1-7-6-16-9(8(7)11)10(13)12-4-2-3-5-17(12,14)15/h6H,2-5H2,1H3. The Hall–Kier alpha value is -0.590. The SMILES string of the molecule is Cc1csc(C(=O)N2CCCCS2(=O)=O)c1Cl. The molecule has 0 radical (unpaired) electrons. The van der Waals surface area contributed by atoms with Crippen molar-refractivity contribution in [3.63, 3.8) is 0 Å². The Morgan fingerprint density at radius 3 is 2.71 bits per heavy atom. The second-order valence-electron chi connectivity index (χ2n) is 3.96. The first-order chi connectivity index (χ1) is 7.93. The Balaban J connectivity index is 2.35. The van der Waals surface area contributed by atoms with Crippen molar-refractivity contribution in [1.29, 1.82) is 0 Å². The zero-order valence-corrected chi connectivity index (χ0v) is 11.7. The molecule has 1 fully saturated rings. The zero-order chi connectivity index (χ0) is 12.6. The van der Waals surface area contributed by atoms with E-state index in [0.717, 1.165) is 9.87 Å². The summed E-state index contributed by atoms with van der Waals surface area (Å²) >= 11 is 7.18. The fourth-order valence-electron chi connectivity index (χ4n) is 1.70. The van der Waals surface area contributed by atoms with Crippen molar-refractivity contribution in [2.45, 2.75) is 19.8 Å². The normalized spacial score (nSPS) is 19.3. The molecule has 0 saturated carbocycles. The van der Waals surface area contributed by atoms with E-state index in [1.165, 1.54) is 11.3 Å². The van der Waals surface area contributed by atoms with Crippen LogP contribution < -0.4 is 0 Å². The number of rotatable bonds is 1. The lowest BCUT2D eigenvalue weighted by Crippen LogP contribution is -2.42. The number of sulfonamides is 1. The molecule has 1 aliphatic heterocycles. The van der Waals surface area contributed by atoms with Gasteiger partial charge in [-0.2, -0.15) is 0 Å². The Bertz CT molecular complexity index is 550. The second-order valence-corrected chi connectivity index (χ2v) is 7.23. The van der Waals surface area contributed by atoms with Gasteiger partial charge in [-0.25, -0.2) is 12.7 Å². The van der Waals surface area contributed by atoms with E-state index < -0.39 is 15.9 Å². The monoisotopic (exact) mass is 293 g/mol. The summed E-state index contributed by atoms with van der Waals surface area (Å²) in [4.78, 5) is 12.4. The molecule has 1 aliphatic rings. The van der Waals surface area contributed by atoms with Crippen molar-refractivity contribution in [1.82, 2.24) is 4.31 Å². The summed E-state index contributed by atoms with van der Waals surface area (Å²) in [5, 5.41) is 2.12. The molecule has 0 N–H and O–H groups in total. The number of carbonyl (C=O) groups excluding carboxylic acids is 1. The number of carbonyl (C=O) groups is 1. The molecule has 17 heavy (non-hydrogen) atoms. The Labute approximate surface area is 109 Å². The van der Waals surface area contributed by atoms with Gasteiger partial charge < -0.3 is 0 Å². The highest BCUT2D eigenvalue weighted by Gasteiger charge is 2.32. The predicted molar refractivity (Wildman–Crippen MR) is 68.1 cm³/mol. The van der Waals surface area contributed by atoms with Crippen molar-refractivity contribution in [3.05, 3.63) is 20.8 Å². The molecular weight excluding hydrogens is 282 g/mol. The summed E-state index contributed by atoms with van der Waals surface area (Å²) in [7, 11) is -3.45. The molecule has 0 aliphatic carbocycles. The van der Waals surface area contributed by atoms with Gasteiger partial charge in [-0.05, 0) is 30.7 Å². The molecule has 0 unspecified atom stereocenters. The molecule has 0 bridgehead atoms. The quantitative estimate of drug-likeness (QED) is 0.798. The van der Waals surface area contributed by atoms with Crippen molar-refractivity contribution >= 4 is 38.9 Å². The first-order valence-electron chi connectivity index (χ1n) is 5.22. The summed E-state index contributed by atoms with van der Waals surface area (Å²) in [5.74, 6) is -0.450. The smallest absolute Gasteiger partial charge is 0.267 e. The van der Waals surface area contributed by atoms with Gasteiger partial charge >= 0.3 is 0 Å². The highest BCUT2D eigenvalue weighted by molar-refractivity contribution is 7.89. The summed E-state index contributed by atoms with van der Waals surface area (Å²) in [6, 6.07) is 0. The highest BCUT2D eigenvalue weighted by atomic mass is 35.5. The molecule has 2 rings (SSSR count). The van der Waals surface area contributed by atoms with Crippen LogP contribution >= 0.6 is 22.9 Å². The number of hydrogen-bond donors (Lipinski definition) is 0. The zero-order valence-electron chi connectivity index (χ0n) is 9.27. The number of aryl methyl sites for hydroxylation is 1. The van der Waals surface area contributed by atoms with Gasteiger partial charge in [-0.3, -0.25) is 4.79 Å². The van der Waals surface area contributed by atoms with Crippen LogP contribution in [-0.2, 0) is 10.0 Å². The maximum Gasteiger partial charge on any atom is 0.278 e. The fourth-order valence-corrected chi connectivity index (χ4v) is 4.52. The van der Waals surface area contributed by atoms with E-state index in [4.69, 9.17) is 11.6 Å². The van der Waals surface area contributed by atoms with Crippen molar-refractivity contribution in [3.8, 4) is 0 Å². The number of nitrogens with zero attached hydrogens (tertiary/aromatic N) is 1. The molecule has 0 aromatic carbocycles. The summed E-state index contributed by atoms with van der Waals surface area (Å²) < 4.78 is 24.5. The average molecular weight is 294 g/mol. The highest BCUT2D eigenvalue weighted by Crippen LogP contribution is 2.30. The first-order valence-corrected chi connectivity index (χ1v) is 8.08. The number of halogens is 1. The number of amides is 1. The van der Waals surface area contributed by atoms with Crippen LogP contribution in [0.4, 0.5) is 0 Å². The van der Waals surface area contributed by atoms with Gasteiger partial charge in [0.2, 0.25) is 10.0 Å². The van der Waals surface area contributed by atoms with Crippen molar-refractivity contribution in [2.75, 3.05) is 12.3 Å². The largest absolute Gasteiger partial charge is 0.278 e. The first kappa shape index (κ1) is 12.9. The molecule has 94 valence electrons. The number of thiophene rings is 1. The maximum atomic E-state index is 12.1. The van der Waals surface area contributed by atoms with Gasteiger partial charge in [-0.15, -0.1) is 11.3 Å². The third-order valence-corrected chi connectivity index (χ3v) is 6.18. The molecule has 1 saturated heterocycles. The molecule has 4 nitrogen and oxygen atoms in total. The van der Waals surface area contributed by atoms with E-state index >= 15 is 0 Å². The minimum atomic E-state index is -3.45. The molecular formula is C10H12ClNO3S2. The molecule has 7 heteroatoms. The van der Waals surface area contributed by atoms with Gasteiger partial charge in [0.05, 0.1) is 10.8 Å². The Kier molecular flexibility index (Phi) is 3.47. The van der Waals surface area contributed by atoms with E-state index in [2.05, 4.69) is 0 Å². The molecule has 1 aromatic heterocycles. The summed E-state index contributed by atoms with van der Waals surface area (Å²) in [6.45, 7) is 2.05. The van der Waals surface area contributed by atoms with E-state index in [1.807, 2.05) is 0 Å². The van der Waals surface area contributed by atoms with E-state index in [-0.39, 0.29) is 12.3 Å². The molecule has 0 spiro atoms. The molecule has 0 atom stereocenters. The van der Waals surface area contributed by atoms with Crippen LogP contribution in [0.3, 0.4) is 0 Å².